The second kappa shape index (κ2) is 8.00. The number of Topliss-reactive ketones (excluding diaryl/α,β-unsaturated/α-hetero) is 1. The molecule has 6 nitrogen and oxygen atoms in total. The fraction of sp³-hybridized carbons (Fsp3) is 0.182. The minimum atomic E-state index is -0.343. The van der Waals surface area contributed by atoms with Crippen molar-refractivity contribution in [3.05, 3.63) is 76.7 Å². The molecular formula is C22H22N4O2. The summed E-state index contributed by atoms with van der Waals surface area (Å²) in [4.78, 5) is 32.6. The molecule has 0 fully saturated rings. The lowest BCUT2D eigenvalue weighted by Crippen LogP contribution is -2.15. The molecular weight excluding hydrogens is 352 g/mol. The zero-order valence-electron chi connectivity index (χ0n) is 16.3. The molecule has 0 radical (unpaired) electrons. The Kier molecular flexibility index (Phi) is 5.49. The highest BCUT2D eigenvalue weighted by atomic mass is 16.2. The van der Waals surface area contributed by atoms with Gasteiger partial charge in [0.05, 0.1) is 0 Å². The van der Waals surface area contributed by atoms with Crippen LogP contribution in [0.15, 0.2) is 48.5 Å². The minimum Gasteiger partial charge on any atom is -0.340 e. The second-order valence-corrected chi connectivity index (χ2v) is 6.77. The summed E-state index contributed by atoms with van der Waals surface area (Å²) >= 11 is 0. The molecule has 1 aromatic heterocycles. The summed E-state index contributed by atoms with van der Waals surface area (Å²) in [6, 6.07) is 14.5. The number of hydrogen-bond donors (Lipinski definition) is 2. The largest absolute Gasteiger partial charge is 0.340 e. The van der Waals surface area contributed by atoms with Gasteiger partial charge >= 0.3 is 0 Å². The van der Waals surface area contributed by atoms with E-state index in [2.05, 4.69) is 26.7 Å². The molecule has 1 heterocycles. The van der Waals surface area contributed by atoms with Crippen LogP contribution in [0.5, 0.6) is 0 Å². The van der Waals surface area contributed by atoms with E-state index in [0.717, 1.165) is 16.8 Å². The van der Waals surface area contributed by atoms with E-state index < -0.39 is 0 Å². The third-order valence-corrected chi connectivity index (χ3v) is 4.11. The van der Waals surface area contributed by atoms with Crippen LogP contribution >= 0.6 is 0 Å². The van der Waals surface area contributed by atoms with E-state index in [4.69, 9.17) is 0 Å². The van der Waals surface area contributed by atoms with E-state index in [1.807, 2.05) is 26.0 Å². The Hall–Kier alpha value is -3.54. The number of benzene rings is 2. The Bertz CT molecular complexity index is 1020. The lowest BCUT2D eigenvalue weighted by molar-refractivity contribution is 0.101. The molecule has 2 N–H and O–H groups in total. The van der Waals surface area contributed by atoms with Crippen molar-refractivity contribution in [2.45, 2.75) is 27.7 Å². The molecule has 3 aromatic rings. The maximum atomic E-state index is 12.6. The van der Waals surface area contributed by atoms with E-state index in [9.17, 15) is 9.59 Å². The topological polar surface area (TPSA) is 84.0 Å². The van der Waals surface area contributed by atoms with Crippen LogP contribution < -0.4 is 10.6 Å². The molecule has 3 rings (SSSR count). The fourth-order valence-corrected chi connectivity index (χ4v) is 2.93. The Labute approximate surface area is 164 Å². The average Bonchev–Trinajstić information content (AvgIpc) is 2.60. The third-order valence-electron chi connectivity index (χ3n) is 4.11. The first-order valence-electron chi connectivity index (χ1n) is 8.93. The van der Waals surface area contributed by atoms with Gasteiger partial charge in [-0.25, -0.2) is 9.97 Å². The first-order chi connectivity index (χ1) is 13.3. The molecule has 0 unspecified atom stereocenters. The Morgan fingerprint density at radius 2 is 1.46 bits per heavy atom. The first kappa shape index (κ1) is 19.2. The van der Waals surface area contributed by atoms with Crippen LogP contribution in [0.3, 0.4) is 0 Å². The SMILES string of the molecule is CC(=O)c1ccc(NC(=O)c2cc(Nc3cc(C)cc(C)c3)nc(C)n2)cc1. The van der Waals surface area contributed by atoms with Gasteiger partial charge in [-0.05, 0) is 75.2 Å². The first-order valence-corrected chi connectivity index (χ1v) is 8.93. The van der Waals surface area contributed by atoms with Gasteiger partial charge in [0.2, 0.25) is 0 Å². The number of rotatable bonds is 5. The molecule has 0 saturated carbocycles. The molecule has 0 saturated heterocycles. The summed E-state index contributed by atoms with van der Waals surface area (Å²) in [5.41, 5.74) is 4.63. The number of carbonyl (C=O) groups is 2. The van der Waals surface area contributed by atoms with Crippen molar-refractivity contribution in [1.29, 1.82) is 0 Å². The Morgan fingerprint density at radius 3 is 2.07 bits per heavy atom. The number of nitrogens with zero attached hydrogens (tertiary/aromatic N) is 2. The van der Waals surface area contributed by atoms with Gasteiger partial charge in [-0.2, -0.15) is 0 Å². The summed E-state index contributed by atoms with van der Waals surface area (Å²) < 4.78 is 0. The van der Waals surface area contributed by atoms with E-state index in [0.29, 0.717) is 22.9 Å². The normalized spacial score (nSPS) is 10.4. The van der Waals surface area contributed by atoms with E-state index in [1.165, 1.54) is 6.92 Å². The average molecular weight is 374 g/mol. The molecule has 1 amide bonds. The predicted molar refractivity (Wildman–Crippen MR) is 110 cm³/mol. The van der Waals surface area contributed by atoms with Gasteiger partial charge in [0, 0.05) is 23.0 Å². The number of ketones is 1. The monoisotopic (exact) mass is 374 g/mol. The summed E-state index contributed by atoms with van der Waals surface area (Å²) in [5, 5.41) is 6.03. The van der Waals surface area contributed by atoms with Crippen LogP contribution in [-0.2, 0) is 0 Å². The number of aromatic nitrogens is 2. The molecule has 0 aliphatic rings. The zero-order valence-corrected chi connectivity index (χ0v) is 16.3. The van der Waals surface area contributed by atoms with Crippen molar-refractivity contribution >= 4 is 28.9 Å². The quantitative estimate of drug-likeness (QED) is 0.638. The van der Waals surface area contributed by atoms with Crippen LogP contribution in [0.4, 0.5) is 17.2 Å². The second-order valence-electron chi connectivity index (χ2n) is 6.77. The smallest absolute Gasteiger partial charge is 0.274 e. The zero-order chi connectivity index (χ0) is 20.3. The number of aryl methyl sites for hydroxylation is 3. The summed E-state index contributed by atoms with van der Waals surface area (Å²) in [6.07, 6.45) is 0. The van der Waals surface area contributed by atoms with Crippen molar-refractivity contribution in [3.8, 4) is 0 Å². The molecule has 2 aromatic carbocycles. The van der Waals surface area contributed by atoms with Gasteiger partial charge in [0.15, 0.2) is 5.78 Å². The molecule has 0 bridgehead atoms. The van der Waals surface area contributed by atoms with Gasteiger partial charge in [0.1, 0.15) is 17.3 Å². The van der Waals surface area contributed by atoms with E-state index >= 15 is 0 Å². The van der Waals surface area contributed by atoms with Gasteiger partial charge < -0.3 is 10.6 Å². The standard InChI is InChI=1S/C22H22N4O2/c1-13-9-14(2)11-19(10-13)25-21-12-20(23-16(4)24-21)22(28)26-18-7-5-17(6-8-18)15(3)27/h5-12H,1-4H3,(H,26,28)(H,23,24,25). The molecule has 0 spiro atoms. The highest BCUT2D eigenvalue weighted by Gasteiger charge is 2.12. The molecule has 0 aliphatic carbocycles. The van der Waals surface area contributed by atoms with Crippen molar-refractivity contribution in [2.24, 2.45) is 0 Å². The van der Waals surface area contributed by atoms with E-state index in [1.54, 1.807) is 37.3 Å². The van der Waals surface area contributed by atoms with Gasteiger partial charge in [-0.3, -0.25) is 9.59 Å². The van der Waals surface area contributed by atoms with Gasteiger partial charge in [-0.15, -0.1) is 0 Å². The molecule has 0 atom stereocenters. The van der Waals surface area contributed by atoms with Gasteiger partial charge in [0.25, 0.3) is 5.91 Å². The maximum Gasteiger partial charge on any atom is 0.274 e. The van der Waals surface area contributed by atoms with Crippen molar-refractivity contribution in [1.82, 2.24) is 9.97 Å². The molecule has 28 heavy (non-hydrogen) atoms. The third kappa shape index (κ3) is 4.79. The summed E-state index contributed by atoms with van der Waals surface area (Å²) in [7, 11) is 0. The summed E-state index contributed by atoms with van der Waals surface area (Å²) in [5.74, 6) is 0.678. The lowest BCUT2D eigenvalue weighted by Gasteiger charge is -2.11. The van der Waals surface area contributed by atoms with Crippen molar-refractivity contribution in [3.63, 3.8) is 0 Å². The maximum absolute atomic E-state index is 12.6. The number of carbonyl (C=O) groups excluding carboxylic acids is 2. The Balaban J connectivity index is 1.80. The number of amides is 1. The van der Waals surface area contributed by atoms with Crippen LogP contribution in [0.1, 0.15) is 44.7 Å². The Morgan fingerprint density at radius 1 is 0.821 bits per heavy atom. The van der Waals surface area contributed by atoms with Crippen LogP contribution in [0.2, 0.25) is 0 Å². The van der Waals surface area contributed by atoms with Crippen molar-refractivity contribution in [2.75, 3.05) is 10.6 Å². The van der Waals surface area contributed by atoms with E-state index in [-0.39, 0.29) is 17.4 Å². The summed E-state index contributed by atoms with van der Waals surface area (Å²) in [6.45, 7) is 7.30. The fourth-order valence-electron chi connectivity index (χ4n) is 2.93. The highest BCUT2D eigenvalue weighted by Crippen LogP contribution is 2.19. The molecule has 0 aliphatic heterocycles. The highest BCUT2D eigenvalue weighted by molar-refractivity contribution is 6.03. The van der Waals surface area contributed by atoms with Crippen LogP contribution in [0, 0.1) is 20.8 Å². The van der Waals surface area contributed by atoms with Gasteiger partial charge in [-0.1, -0.05) is 6.07 Å². The van der Waals surface area contributed by atoms with Crippen LogP contribution in [0.25, 0.3) is 0 Å². The molecule has 6 heteroatoms. The predicted octanol–water partition coefficient (Wildman–Crippen LogP) is 4.60. The van der Waals surface area contributed by atoms with Crippen molar-refractivity contribution < 1.29 is 9.59 Å². The lowest BCUT2D eigenvalue weighted by atomic mass is 10.1. The number of nitrogens with one attached hydrogen (secondary N) is 2. The molecule has 142 valence electrons. The minimum absolute atomic E-state index is 0.0218. The van der Waals surface area contributed by atoms with Crippen LogP contribution in [-0.4, -0.2) is 21.7 Å². The number of anilines is 3. The number of hydrogen-bond acceptors (Lipinski definition) is 5.